The van der Waals surface area contributed by atoms with Gasteiger partial charge in [0.1, 0.15) is 0 Å². The summed E-state index contributed by atoms with van der Waals surface area (Å²) < 4.78 is 0. The molecule has 0 unspecified atom stereocenters. The maximum Gasteiger partial charge on any atom is 0.250 e. The number of nitrogens with zero attached hydrogens (tertiary/aromatic N) is 1. The molecule has 1 amide bonds. The van der Waals surface area contributed by atoms with Crippen LogP contribution in [-0.4, -0.2) is 17.4 Å². The summed E-state index contributed by atoms with van der Waals surface area (Å²) in [6.07, 6.45) is 0.944. The molecule has 0 fully saturated rings. The van der Waals surface area contributed by atoms with Gasteiger partial charge in [0.15, 0.2) is 0 Å². The van der Waals surface area contributed by atoms with Gasteiger partial charge in [0.05, 0.1) is 11.3 Å². The number of fused-ring (bicyclic) bond motifs is 1. The van der Waals surface area contributed by atoms with Gasteiger partial charge in [-0.2, -0.15) is 0 Å². The van der Waals surface area contributed by atoms with E-state index < -0.39 is 5.91 Å². The number of nitrogens with one attached hydrogen (secondary N) is 1. The molecule has 4 nitrogen and oxygen atoms in total. The minimum Gasteiger partial charge on any atom is -0.366 e. The van der Waals surface area contributed by atoms with Gasteiger partial charge in [0.25, 0.3) is 5.91 Å². The highest BCUT2D eigenvalue weighted by Crippen LogP contribution is 2.29. The predicted octanol–water partition coefficient (Wildman–Crippen LogP) is 1.80. The smallest absolute Gasteiger partial charge is 0.250 e. The van der Waals surface area contributed by atoms with E-state index in [-0.39, 0.29) is 0 Å². The van der Waals surface area contributed by atoms with E-state index in [0.717, 1.165) is 30.8 Å². The highest BCUT2D eigenvalue weighted by atomic mass is 16.1. The average molecular weight is 267 g/mol. The van der Waals surface area contributed by atoms with Crippen molar-refractivity contribution in [1.29, 1.82) is 0 Å². The second-order valence-corrected chi connectivity index (χ2v) is 5.08. The summed E-state index contributed by atoms with van der Waals surface area (Å²) in [7, 11) is 0. The number of carbonyl (C=O) groups excluding carboxylic acids is 1. The highest BCUT2D eigenvalue weighted by Gasteiger charge is 2.18. The summed E-state index contributed by atoms with van der Waals surface area (Å²) in [5, 5.41) is 3.36. The fraction of sp³-hybridized carbons (Fsp3) is 0.250. The molecular formula is C16H17N3O. The lowest BCUT2D eigenvalue weighted by Crippen LogP contribution is -2.24. The molecule has 4 heteroatoms. The Morgan fingerprint density at radius 2 is 2.15 bits per heavy atom. The van der Waals surface area contributed by atoms with Crippen LogP contribution in [0.4, 0.5) is 0 Å². The summed E-state index contributed by atoms with van der Waals surface area (Å²) in [6.45, 7) is 3.73. The van der Waals surface area contributed by atoms with Crippen LogP contribution in [0.3, 0.4) is 0 Å². The molecule has 1 aliphatic rings. The van der Waals surface area contributed by atoms with E-state index in [1.165, 1.54) is 11.1 Å². The van der Waals surface area contributed by atoms with Crippen LogP contribution in [0.15, 0.2) is 30.3 Å². The topological polar surface area (TPSA) is 68.0 Å². The van der Waals surface area contributed by atoms with Crippen molar-refractivity contribution in [2.75, 3.05) is 6.54 Å². The van der Waals surface area contributed by atoms with E-state index in [2.05, 4.69) is 16.4 Å². The second kappa shape index (κ2) is 5.06. The third-order valence-electron chi connectivity index (χ3n) is 3.70. The van der Waals surface area contributed by atoms with E-state index in [1.54, 1.807) is 6.07 Å². The number of hydrogen-bond acceptors (Lipinski definition) is 3. The van der Waals surface area contributed by atoms with Gasteiger partial charge in [0.2, 0.25) is 0 Å². The molecule has 0 bridgehead atoms. The first-order chi connectivity index (χ1) is 9.66. The van der Waals surface area contributed by atoms with Gasteiger partial charge in [-0.25, -0.2) is 0 Å². The molecule has 0 radical (unpaired) electrons. The zero-order valence-electron chi connectivity index (χ0n) is 11.4. The number of nitrogens with two attached hydrogens (primary N) is 1. The number of rotatable bonds is 2. The van der Waals surface area contributed by atoms with Crippen LogP contribution in [0.5, 0.6) is 0 Å². The number of aryl methyl sites for hydroxylation is 1. The van der Waals surface area contributed by atoms with Crippen LogP contribution in [0.1, 0.15) is 27.2 Å². The average Bonchev–Trinajstić information content (AvgIpc) is 2.46. The first-order valence-corrected chi connectivity index (χ1v) is 6.76. The molecule has 0 atom stereocenters. The Balaban J connectivity index is 2.23. The first kappa shape index (κ1) is 12.8. The quantitative estimate of drug-likeness (QED) is 0.872. The molecule has 0 spiro atoms. The maximum absolute atomic E-state index is 11.6. The SMILES string of the molecule is Cc1ccc(C(N)=O)c(-c2cccc3c2CCNC3)n1. The van der Waals surface area contributed by atoms with Gasteiger partial charge in [-0.3, -0.25) is 9.78 Å². The molecule has 1 aromatic heterocycles. The zero-order chi connectivity index (χ0) is 14.1. The van der Waals surface area contributed by atoms with Gasteiger partial charge in [-0.15, -0.1) is 0 Å². The lowest BCUT2D eigenvalue weighted by atomic mass is 9.92. The molecular weight excluding hydrogens is 250 g/mol. The number of aromatic nitrogens is 1. The van der Waals surface area contributed by atoms with Crippen LogP contribution in [-0.2, 0) is 13.0 Å². The third-order valence-corrected chi connectivity index (χ3v) is 3.70. The van der Waals surface area contributed by atoms with Crippen molar-refractivity contribution in [1.82, 2.24) is 10.3 Å². The molecule has 2 heterocycles. The molecule has 2 aromatic rings. The monoisotopic (exact) mass is 267 g/mol. The summed E-state index contributed by atoms with van der Waals surface area (Å²) in [5.41, 5.74) is 11.1. The first-order valence-electron chi connectivity index (χ1n) is 6.76. The summed E-state index contributed by atoms with van der Waals surface area (Å²) in [4.78, 5) is 16.2. The van der Waals surface area contributed by atoms with E-state index in [0.29, 0.717) is 11.3 Å². The van der Waals surface area contributed by atoms with Crippen molar-refractivity contribution >= 4 is 5.91 Å². The maximum atomic E-state index is 11.6. The Bertz CT molecular complexity index is 679. The zero-order valence-corrected chi connectivity index (χ0v) is 11.4. The van der Waals surface area contributed by atoms with Crippen molar-refractivity contribution in [2.24, 2.45) is 5.73 Å². The number of hydrogen-bond donors (Lipinski definition) is 2. The molecule has 3 N–H and O–H groups in total. The van der Waals surface area contributed by atoms with Gasteiger partial charge in [-0.05, 0) is 43.1 Å². The van der Waals surface area contributed by atoms with Crippen molar-refractivity contribution in [3.63, 3.8) is 0 Å². The summed E-state index contributed by atoms with van der Waals surface area (Å²) in [5.74, 6) is -0.431. The molecule has 1 aliphatic heterocycles. The molecule has 0 aliphatic carbocycles. The Hall–Kier alpha value is -2.20. The Labute approximate surface area is 118 Å². The number of carbonyl (C=O) groups is 1. The molecule has 1 aromatic carbocycles. The van der Waals surface area contributed by atoms with Gasteiger partial charge in [0, 0.05) is 17.8 Å². The fourth-order valence-corrected chi connectivity index (χ4v) is 2.71. The lowest BCUT2D eigenvalue weighted by Gasteiger charge is -2.21. The largest absolute Gasteiger partial charge is 0.366 e. The van der Waals surface area contributed by atoms with E-state index in [1.807, 2.05) is 25.1 Å². The number of benzene rings is 1. The van der Waals surface area contributed by atoms with Crippen LogP contribution < -0.4 is 11.1 Å². The number of amides is 1. The molecule has 102 valence electrons. The van der Waals surface area contributed by atoms with Crippen molar-refractivity contribution in [2.45, 2.75) is 19.9 Å². The van der Waals surface area contributed by atoms with E-state index >= 15 is 0 Å². The molecule has 0 saturated carbocycles. The van der Waals surface area contributed by atoms with E-state index in [9.17, 15) is 4.79 Å². The van der Waals surface area contributed by atoms with Crippen LogP contribution >= 0.6 is 0 Å². The lowest BCUT2D eigenvalue weighted by molar-refractivity contribution is 0.100. The third kappa shape index (κ3) is 2.18. The van der Waals surface area contributed by atoms with Crippen LogP contribution in [0.2, 0.25) is 0 Å². The van der Waals surface area contributed by atoms with E-state index in [4.69, 9.17) is 5.73 Å². The van der Waals surface area contributed by atoms with Crippen molar-refractivity contribution in [3.8, 4) is 11.3 Å². The Kier molecular flexibility index (Phi) is 3.24. The van der Waals surface area contributed by atoms with Gasteiger partial charge >= 0.3 is 0 Å². The number of primary amides is 1. The minimum atomic E-state index is -0.431. The predicted molar refractivity (Wildman–Crippen MR) is 78.3 cm³/mol. The van der Waals surface area contributed by atoms with Crippen LogP contribution in [0.25, 0.3) is 11.3 Å². The van der Waals surface area contributed by atoms with Crippen molar-refractivity contribution < 1.29 is 4.79 Å². The van der Waals surface area contributed by atoms with Gasteiger partial charge < -0.3 is 11.1 Å². The molecule has 3 rings (SSSR count). The van der Waals surface area contributed by atoms with Gasteiger partial charge in [-0.1, -0.05) is 18.2 Å². The number of pyridine rings is 1. The Morgan fingerprint density at radius 1 is 1.30 bits per heavy atom. The van der Waals surface area contributed by atoms with Crippen LogP contribution in [0, 0.1) is 6.92 Å². The minimum absolute atomic E-state index is 0.431. The Morgan fingerprint density at radius 3 is 2.95 bits per heavy atom. The fourth-order valence-electron chi connectivity index (χ4n) is 2.71. The van der Waals surface area contributed by atoms with Crippen molar-refractivity contribution in [3.05, 3.63) is 52.7 Å². The molecule has 0 saturated heterocycles. The normalized spacial score (nSPS) is 13.8. The summed E-state index contributed by atoms with van der Waals surface area (Å²) >= 11 is 0. The second-order valence-electron chi connectivity index (χ2n) is 5.08. The molecule has 20 heavy (non-hydrogen) atoms. The standard InChI is InChI=1S/C16H17N3O/c1-10-5-6-14(16(17)20)15(19-10)13-4-2-3-11-9-18-8-7-12(11)13/h2-6,18H,7-9H2,1H3,(H2,17,20). The summed E-state index contributed by atoms with van der Waals surface area (Å²) in [6, 6.07) is 9.74. The highest BCUT2D eigenvalue weighted by molar-refractivity contribution is 5.99.